The van der Waals surface area contributed by atoms with E-state index in [-0.39, 0.29) is 0 Å². The Morgan fingerprint density at radius 2 is 1.89 bits per heavy atom. The van der Waals surface area contributed by atoms with Gasteiger partial charge in [-0.25, -0.2) is 8.42 Å². The standard InChI is InChI=1S/C14H22N2O2S/c1-2-15-11-13-4-3-5-14(10-13)12-16-6-8-19(17,18)9-7-16/h3-5,10,15H,2,6-9,11-12H2,1H3. The molecule has 1 aromatic carbocycles. The Labute approximate surface area is 115 Å². The van der Waals surface area contributed by atoms with Gasteiger partial charge in [0.05, 0.1) is 11.5 Å². The molecule has 1 aliphatic rings. The van der Waals surface area contributed by atoms with Crippen molar-refractivity contribution in [3.05, 3.63) is 35.4 Å². The van der Waals surface area contributed by atoms with Crippen LogP contribution in [0.1, 0.15) is 18.1 Å². The van der Waals surface area contributed by atoms with Crippen LogP contribution >= 0.6 is 0 Å². The second kappa shape index (κ2) is 6.50. The van der Waals surface area contributed by atoms with Crippen molar-refractivity contribution in [1.29, 1.82) is 0 Å². The van der Waals surface area contributed by atoms with Gasteiger partial charge in [-0.2, -0.15) is 0 Å². The van der Waals surface area contributed by atoms with Gasteiger partial charge in [0.1, 0.15) is 0 Å². The van der Waals surface area contributed by atoms with Crippen molar-refractivity contribution in [2.75, 3.05) is 31.1 Å². The summed E-state index contributed by atoms with van der Waals surface area (Å²) in [6.07, 6.45) is 0. The summed E-state index contributed by atoms with van der Waals surface area (Å²) in [7, 11) is -2.78. The van der Waals surface area contributed by atoms with Crippen LogP contribution in [0.15, 0.2) is 24.3 Å². The lowest BCUT2D eigenvalue weighted by atomic mass is 10.1. The summed E-state index contributed by atoms with van der Waals surface area (Å²) < 4.78 is 22.8. The van der Waals surface area contributed by atoms with E-state index in [1.807, 2.05) is 0 Å². The Balaban J connectivity index is 1.92. The molecule has 2 rings (SSSR count). The summed E-state index contributed by atoms with van der Waals surface area (Å²) in [6, 6.07) is 8.50. The van der Waals surface area contributed by atoms with Crippen molar-refractivity contribution >= 4 is 9.84 Å². The first-order valence-corrected chi connectivity index (χ1v) is 8.62. The number of rotatable bonds is 5. The third kappa shape index (κ3) is 4.60. The second-order valence-corrected chi connectivity index (χ2v) is 7.33. The number of benzene rings is 1. The molecule has 0 aromatic heterocycles. The van der Waals surface area contributed by atoms with Crippen LogP contribution in [-0.2, 0) is 22.9 Å². The monoisotopic (exact) mass is 282 g/mol. The summed E-state index contributed by atoms with van der Waals surface area (Å²) in [5.41, 5.74) is 2.54. The third-order valence-corrected chi connectivity index (χ3v) is 5.02. The van der Waals surface area contributed by atoms with Crippen molar-refractivity contribution in [1.82, 2.24) is 10.2 Å². The van der Waals surface area contributed by atoms with Gasteiger partial charge in [0.2, 0.25) is 0 Å². The summed E-state index contributed by atoms with van der Waals surface area (Å²) in [4.78, 5) is 2.22. The summed E-state index contributed by atoms with van der Waals surface area (Å²) in [5, 5.41) is 3.31. The van der Waals surface area contributed by atoms with Gasteiger partial charge in [-0.05, 0) is 17.7 Å². The molecule has 0 unspecified atom stereocenters. The Morgan fingerprint density at radius 3 is 2.58 bits per heavy atom. The zero-order valence-electron chi connectivity index (χ0n) is 11.4. The highest BCUT2D eigenvalue weighted by Crippen LogP contribution is 2.11. The lowest BCUT2D eigenvalue weighted by molar-refractivity contribution is 0.287. The fourth-order valence-electron chi connectivity index (χ4n) is 2.27. The minimum Gasteiger partial charge on any atom is -0.313 e. The maximum Gasteiger partial charge on any atom is 0.152 e. The maximum atomic E-state index is 11.4. The van der Waals surface area contributed by atoms with Crippen LogP contribution in [-0.4, -0.2) is 44.5 Å². The van der Waals surface area contributed by atoms with Crippen molar-refractivity contribution in [3.63, 3.8) is 0 Å². The van der Waals surface area contributed by atoms with E-state index < -0.39 is 9.84 Å². The zero-order valence-corrected chi connectivity index (χ0v) is 12.2. The average molecular weight is 282 g/mol. The van der Waals surface area contributed by atoms with Crippen molar-refractivity contribution in [2.45, 2.75) is 20.0 Å². The van der Waals surface area contributed by atoms with Crippen LogP contribution in [0.2, 0.25) is 0 Å². The highest BCUT2D eigenvalue weighted by Gasteiger charge is 2.21. The van der Waals surface area contributed by atoms with E-state index in [0.29, 0.717) is 24.6 Å². The van der Waals surface area contributed by atoms with Gasteiger partial charge in [0, 0.05) is 26.2 Å². The molecule has 19 heavy (non-hydrogen) atoms. The SMILES string of the molecule is CCNCc1cccc(CN2CCS(=O)(=O)CC2)c1. The Hall–Kier alpha value is -0.910. The predicted octanol–water partition coefficient (Wildman–Crippen LogP) is 1.03. The Morgan fingerprint density at radius 1 is 1.21 bits per heavy atom. The van der Waals surface area contributed by atoms with Crippen molar-refractivity contribution in [3.8, 4) is 0 Å². The first-order valence-electron chi connectivity index (χ1n) is 6.80. The number of hydrogen-bond acceptors (Lipinski definition) is 4. The van der Waals surface area contributed by atoms with Gasteiger partial charge in [-0.3, -0.25) is 4.90 Å². The molecular weight excluding hydrogens is 260 g/mol. The molecule has 1 aromatic rings. The van der Waals surface area contributed by atoms with Crippen LogP contribution in [0.5, 0.6) is 0 Å². The van der Waals surface area contributed by atoms with E-state index in [0.717, 1.165) is 19.6 Å². The summed E-state index contributed by atoms with van der Waals surface area (Å²) >= 11 is 0. The predicted molar refractivity (Wildman–Crippen MR) is 77.8 cm³/mol. The van der Waals surface area contributed by atoms with Gasteiger partial charge in [-0.1, -0.05) is 31.2 Å². The molecule has 4 nitrogen and oxygen atoms in total. The van der Waals surface area contributed by atoms with Gasteiger partial charge >= 0.3 is 0 Å². The van der Waals surface area contributed by atoms with Gasteiger partial charge in [-0.15, -0.1) is 0 Å². The van der Waals surface area contributed by atoms with E-state index in [2.05, 4.69) is 41.4 Å². The van der Waals surface area contributed by atoms with Crippen LogP contribution in [0.4, 0.5) is 0 Å². The van der Waals surface area contributed by atoms with E-state index in [4.69, 9.17) is 0 Å². The molecule has 0 aliphatic carbocycles. The van der Waals surface area contributed by atoms with Crippen LogP contribution in [0.3, 0.4) is 0 Å². The van der Waals surface area contributed by atoms with Crippen molar-refractivity contribution < 1.29 is 8.42 Å². The van der Waals surface area contributed by atoms with E-state index >= 15 is 0 Å². The van der Waals surface area contributed by atoms with Crippen LogP contribution in [0.25, 0.3) is 0 Å². The molecule has 1 saturated heterocycles. The number of nitrogens with one attached hydrogen (secondary N) is 1. The van der Waals surface area contributed by atoms with Crippen LogP contribution < -0.4 is 5.32 Å². The average Bonchev–Trinajstić information content (AvgIpc) is 2.39. The molecule has 1 fully saturated rings. The Bertz CT molecular complexity index is 500. The number of sulfone groups is 1. The Kier molecular flexibility index (Phi) is 4.96. The maximum absolute atomic E-state index is 11.4. The number of nitrogens with zero attached hydrogens (tertiary/aromatic N) is 1. The van der Waals surface area contributed by atoms with Gasteiger partial charge in [0.15, 0.2) is 9.84 Å². The molecule has 1 N–H and O–H groups in total. The molecular formula is C14H22N2O2S. The van der Waals surface area contributed by atoms with Crippen molar-refractivity contribution in [2.24, 2.45) is 0 Å². The fraction of sp³-hybridized carbons (Fsp3) is 0.571. The molecule has 1 heterocycles. The minimum absolute atomic E-state index is 0.296. The lowest BCUT2D eigenvalue weighted by Crippen LogP contribution is -2.39. The third-order valence-electron chi connectivity index (χ3n) is 3.41. The molecule has 0 amide bonds. The highest BCUT2D eigenvalue weighted by molar-refractivity contribution is 7.91. The topological polar surface area (TPSA) is 49.4 Å². The van der Waals surface area contributed by atoms with Gasteiger partial charge < -0.3 is 5.32 Å². The van der Waals surface area contributed by atoms with E-state index in [1.165, 1.54) is 11.1 Å². The normalized spacial score (nSPS) is 19.4. The van der Waals surface area contributed by atoms with E-state index in [9.17, 15) is 8.42 Å². The quantitative estimate of drug-likeness (QED) is 0.876. The molecule has 0 atom stereocenters. The molecule has 0 spiro atoms. The second-order valence-electron chi connectivity index (χ2n) is 5.03. The molecule has 1 aliphatic heterocycles. The van der Waals surface area contributed by atoms with E-state index in [1.54, 1.807) is 0 Å². The minimum atomic E-state index is -2.78. The molecule has 0 radical (unpaired) electrons. The smallest absolute Gasteiger partial charge is 0.152 e. The molecule has 106 valence electrons. The zero-order chi connectivity index (χ0) is 13.7. The molecule has 0 saturated carbocycles. The van der Waals surface area contributed by atoms with Crippen LogP contribution in [0, 0.1) is 0 Å². The highest BCUT2D eigenvalue weighted by atomic mass is 32.2. The van der Waals surface area contributed by atoms with Gasteiger partial charge in [0.25, 0.3) is 0 Å². The first kappa shape index (κ1) is 14.5. The molecule has 5 heteroatoms. The summed E-state index contributed by atoms with van der Waals surface area (Å²) in [5.74, 6) is 0.591. The summed E-state index contributed by atoms with van der Waals surface area (Å²) in [6.45, 7) is 6.10. The fourth-order valence-corrected chi connectivity index (χ4v) is 3.55. The largest absolute Gasteiger partial charge is 0.313 e. The lowest BCUT2D eigenvalue weighted by Gasteiger charge is -2.26. The first-order chi connectivity index (χ1) is 9.09. The molecule has 0 bridgehead atoms. The number of hydrogen-bond donors (Lipinski definition) is 1.